The molecule has 0 aromatic carbocycles. The molecule has 0 radical (unpaired) electrons. The molecule has 0 atom stereocenters. The van der Waals surface area contributed by atoms with Crippen molar-refractivity contribution in [3.05, 3.63) is 12.3 Å². The Hall–Kier alpha value is -0.790. The van der Waals surface area contributed by atoms with Gasteiger partial charge in [-0.05, 0) is 6.92 Å². The maximum Gasteiger partial charge on any atom is 0.226 e. The van der Waals surface area contributed by atoms with Gasteiger partial charge in [-0.25, -0.2) is 0 Å². The number of hydrogen-bond donors (Lipinski definition) is 0. The van der Waals surface area contributed by atoms with Gasteiger partial charge in [-0.15, -0.1) is 0 Å². The molecule has 0 rings (SSSR count). The highest BCUT2D eigenvalue weighted by Crippen LogP contribution is 1.97. The highest BCUT2D eigenvalue weighted by Gasteiger charge is 2.03. The summed E-state index contributed by atoms with van der Waals surface area (Å²) >= 11 is 0. The molecule has 0 saturated heterocycles. The molecule has 0 aliphatic heterocycles. The topological polar surface area (TPSA) is 20.3 Å². The van der Waals surface area contributed by atoms with Crippen molar-refractivity contribution < 1.29 is 4.79 Å². The second-order valence-electron chi connectivity index (χ2n) is 2.04. The van der Waals surface area contributed by atoms with Crippen LogP contribution in [-0.4, -0.2) is 17.9 Å². The van der Waals surface area contributed by atoms with Gasteiger partial charge in [0.1, 0.15) is 0 Å². The zero-order valence-electron chi connectivity index (χ0n) is 6.27. The Morgan fingerprint density at radius 3 is 2.22 bits per heavy atom. The van der Waals surface area contributed by atoms with Crippen LogP contribution >= 0.6 is 0 Å². The Bertz CT molecular complexity index is 129. The van der Waals surface area contributed by atoms with Gasteiger partial charge >= 0.3 is 0 Å². The van der Waals surface area contributed by atoms with Crippen LogP contribution in [0.3, 0.4) is 0 Å². The smallest absolute Gasteiger partial charge is 0.226 e. The van der Waals surface area contributed by atoms with Gasteiger partial charge in [-0.2, -0.15) is 0 Å². The van der Waals surface area contributed by atoms with Gasteiger partial charge in [0.25, 0.3) is 0 Å². The molecule has 1 amide bonds. The minimum Gasteiger partial charge on any atom is -0.320 e. The Labute approximate surface area is 56.2 Å². The molecule has 52 valence electrons. The van der Waals surface area contributed by atoms with E-state index < -0.39 is 0 Å². The fourth-order valence-corrected chi connectivity index (χ4v) is 0.450. The molecule has 2 heteroatoms. The molecule has 0 aliphatic rings. The van der Waals surface area contributed by atoms with Crippen LogP contribution < -0.4 is 0 Å². The molecule has 0 fully saturated rings. The molecular weight excluding hydrogens is 114 g/mol. The fraction of sp³-hybridized carbons (Fsp3) is 0.571. The van der Waals surface area contributed by atoms with Gasteiger partial charge in [0.05, 0.1) is 0 Å². The summed E-state index contributed by atoms with van der Waals surface area (Å²) in [6, 6.07) is 0. The van der Waals surface area contributed by atoms with Crippen LogP contribution in [0.1, 0.15) is 20.3 Å². The number of carbonyl (C=O) groups is 1. The van der Waals surface area contributed by atoms with Crippen LogP contribution in [0, 0.1) is 0 Å². The van der Waals surface area contributed by atoms with E-state index in [1.54, 1.807) is 11.9 Å². The van der Waals surface area contributed by atoms with Gasteiger partial charge in [0.2, 0.25) is 5.91 Å². The van der Waals surface area contributed by atoms with Crippen LogP contribution in [0.15, 0.2) is 12.3 Å². The van der Waals surface area contributed by atoms with Crippen LogP contribution in [0.4, 0.5) is 0 Å². The second kappa shape index (κ2) is 3.28. The van der Waals surface area contributed by atoms with Crippen molar-refractivity contribution in [2.45, 2.75) is 20.3 Å². The summed E-state index contributed by atoms with van der Waals surface area (Å²) in [4.78, 5) is 12.4. The van der Waals surface area contributed by atoms with E-state index >= 15 is 0 Å². The lowest BCUT2D eigenvalue weighted by atomic mass is 10.4. The lowest BCUT2D eigenvalue weighted by Gasteiger charge is -2.14. The number of hydrogen-bond acceptors (Lipinski definition) is 1. The highest BCUT2D eigenvalue weighted by atomic mass is 16.2. The summed E-state index contributed by atoms with van der Waals surface area (Å²) in [6.45, 7) is 7.28. The third-order valence-corrected chi connectivity index (χ3v) is 1.25. The normalized spacial score (nSPS) is 8.78. The average molecular weight is 127 g/mol. The number of allylic oxidation sites excluding steroid dienone is 1. The van der Waals surface area contributed by atoms with E-state index in [2.05, 4.69) is 6.58 Å². The van der Waals surface area contributed by atoms with E-state index in [1.807, 2.05) is 13.8 Å². The largest absolute Gasteiger partial charge is 0.320 e. The number of nitrogens with zero attached hydrogens (tertiary/aromatic N) is 1. The van der Waals surface area contributed by atoms with E-state index in [4.69, 9.17) is 0 Å². The average Bonchev–Trinajstić information content (AvgIpc) is 1.84. The first-order valence-corrected chi connectivity index (χ1v) is 3.01. The van der Waals surface area contributed by atoms with Crippen molar-refractivity contribution in [1.82, 2.24) is 4.90 Å². The maximum atomic E-state index is 10.8. The molecule has 0 saturated carbocycles. The first-order valence-electron chi connectivity index (χ1n) is 3.01. The van der Waals surface area contributed by atoms with Crippen molar-refractivity contribution in [3.8, 4) is 0 Å². The Kier molecular flexibility index (Phi) is 2.99. The van der Waals surface area contributed by atoms with Gasteiger partial charge in [0, 0.05) is 19.2 Å². The molecule has 9 heavy (non-hydrogen) atoms. The van der Waals surface area contributed by atoms with Crippen LogP contribution in [0.5, 0.6) is 0 Å². The predicted molar refractivity (Wildman–Crippen MR) is 37.9 cm³/mol. The van der Waals surface area contributed by atoms with E-state index in [0.29, 0.717) is 6.42 Å². The minimum absolute atomic E-state index is 0.113. The molecule has 0 spiro atoms. The zero-order chi connectivity index (χ0) is 7.44. The Morgan fingerprint density at radius 1 is 1.67 bits per heavy atom. The fourth-order valence-electron chi connectivity index (χ4n) is 0.450. The molecule has 2 nitrogen and oxygen atoms in total. The van der Waals surface area contributed by atoms with Crippen molar-refractivity contribution >= 4 is 5.91 Å². The second-order valence-corrected chi connectivity index (χ2v) is 2.04. The molecule has 0 aromatic heterocycles. The van der Waals surface area contributed by atoms with E-state index in [1.165, 1.54) is 0 Å². The van der Waals surface area contributed by atoms with E-state index in [0.717, 1.165) is 5.70 Å². The molecular formula is C7H13NO. The third kappa shape index (κ3) is 2.31. The van der Waals surface area contributed by atoms with Crippen LogP contribution in [0.2, 0.25) is 0 Å². The van der Waals surface area contributed by atoms with Crippen LogP contribution in [-0.2, 0) is 4.79 Å². The van der Waals surface area contributed by atoms with Gasteiger partial charge < -0.3 is 4.90 Å². The molecule has 0 bridgehead atoms. The maximum absolute atomic E-state index is 10.8. The molecule has 0 unspecified atom stereocenters. The van der Waals surface area contributed by atoms with Crippen molar-refractivity contribution in [2.75, 3.05) is 7.05 Å². The lowest BCUT2D eigenvalue weighted by molar-refractivity contribution is -0.127. The van der Waals surface area contributed by atoms with Crippen molar-refractivity contribution in [2.24, 2.45) is 0 Å². The molecule has 0 aromatic rings. The standard InChI is InChI=1S/C7H13NO/c1-5-7(9)8(4)6(2)3/h2,5H2,1,3-4H3. The SMILES string of the molecule is C=C(C)N(C)C(=O)CC. The zero-order valence-corrected chi connectivity index (χ0v) is 6.27. The highest BCUT2D eigenvalue weighted by molar-refractivity contribution is 5.77. The Morgan fingerprint density at radius 2 is 2.11 bits per heavy atom. The lowest BCUT2D eigenvalue weighted by Crippen LogP contribution is -2.22. The van der Waals surface area contributed by atoms with Crippen molar-refractivity contribution in [1.29, 1.82) is 0 Å². The summed E-state index contributed by atoms with van der Waals surface area (Å²) in [5.74, 6) is 0.113. The summed E-state index contributed by atoms with van der Waals surface area (Å²) < 4.78 is 0. The molecule has 0 heterocycles. The third-order valence-electron chi connectivity index (χ3n) is 1.25. The summed E-state index contributed by atoms with van der Waals surface area (Å²) in [5, 5.41) is 0. The Balaban J connectivity index is 3.88. The summed E-state index contributed by atoms with van der Waals surface area (Å²) in [5.41, 5.74) is 0.793. The summed E-state index contributed by atoms with van der Waals surface area (Å²) in [6.07, 6.45) is 0.545. The number of carbonyl (C=O) groups excluding carboxylic acids is 1. The quantitative estimate of drug-likeness (QED) is 0.549. The van der Waals surface area contributed by atoms with E-state index in [9.17, 15) is 4.79 Å². The summed E-state index contributed by atoms with van der Waals surface area (Å²) in [7, 11) is 1.73. The molecule has 0 aliphatic carbocycles. The first-order chi connectivity index (χ1) is 4.09. The predicted octanol–water partition coefficient (Wildman–Crippen LogP) is 1.39. The van der Waals surface area contributed by atoms with E-state index in [-0.39, 0.29) is 5.91 Å². The van der Waals surface area contributed by atoms with Crippen molar-refractivity contribution in [3.63, 3.8) is 0 Å². The number of rotatable bonds is 2. The molecule has 0 N–H and O–H groups in total. The first kappa shape index (κ1) is 8.21. The number of amides is 1. The minimum atomic E-state index is 0.113. The van der Waals surface area contributed by atoms with Crippen LogP contribution in [0.25, 0.3) is 0 Å². The monoisotopic (exact) mass is 127 g/mol. The van der Waals surface area contributed by atoms with Gasteiger partial charge in [-0.1, -0.05) is 13.5 Å². The van der Waals surface area contributed by atoms with Gasteiger partial charge in [0.15, 0.2) is 0 Å². The van der Waals surface area contributed by atoms with Gasteiger partial charge in [-0.3, -0.25) is 4.79 Å².